The molecule has 0 amide bonds. The Bertz CT molecular complexity index is 394. The van der Waals surface area contributed by atoms with E-state index in [1.165, 1.54) is 0 Å². The number of aromatic nitrogens is 1. The predicted octanol–water partition coefficient (Wildman–Crippen LogP) is 2.14. The normalized spacial score (nSPS) is 17.9. The van der Waals surface area contributed by atoms with Crippen LogP contribution >= 0.6 is 0 Å². The first-order valence-electron chi connectivity index (χ1n) is 4.74. The first-order chi connectivity index (χ1) is 6.53. The lowest BCUT2D eigenvalue weighted by molar-refractivity contribution is 0.0695. The van der Waals surface area contributed by atoms with Crippen LogP contribution in [0.2, 0.25) is 0 Å². The summed E-state index contributed by atoms with van der Waals surface area (Å²) < 4.78 is 0. The Kier molecular flexibility index (Phi) is 1.84. The summed E-state index contributed by atoms with van der Waals surface area (Å²) in [6.07, 6.45) is 2.32. The third-order valence-corrected chi connectivity index (χ3v) is 2.93. The summed E-state index contributed by atoms with van der Waals surface area (Å²) in [6.45, 7) is 3.91. The van der Waals surface area contributed by atoms with E-state index >= 15 is 0 Å². The molecule has 74 valence electrons. The second-order valence-electron chi connectivity index (χ2n) is 4.20. The van der Waals surface area contributed by atoms with Gasteiger partial charge in [-0.3, -0.25) is 4.98 Å². The smallest absolute Gasteiger partial charge is 0.337 e. The van der Waals surface area contributed by atoms with Gasteiger partial charge in [0.25, 0.3) is 0 Å². The van der Waals surface area contributed by atoms with Crippen LogP contribution in [0.4, 0.5) is 0 Å². The highest BCUT2D eigenvalue weighted by molar-refractivity contribution is 5.88. The van der Waals surface area contributed by atoms with Crippen molar-refractivity contribution < 1.29 is 9.90 Å². The van der Waals surface area contributed by atoms with E-state index in [1.807, 2.05) is 6.07 Å². The average Bonchev–Trinajstić information content (AvgIpc) is 2.84. The van der Waals surface area contributed by atoms with Crippen molar-refractivity contribution in [3.05, 3.63) is 29.1 Å². The molecule has 2 rings (SSSR count). The van der Waals surface area contributed by atoms with Crippen molar-refractivity contribution in [2.45, 2.75) is 32.1 Å². The zero-order chi connectivity index (χ0) is 10.3. The molecule has 1 aromatic rings. The Morgan fingerprint density at radius 3 is 2.57 bits per heavy atom. The molecule has 3 nitrogen and oxygen atoms in total. The number of aryl methyl sites for hydroxylation is 1. The summed E-state index contributed by atoms with van der Waals surface area (Å²) in [5.41, 5.74) is 2.16. The summed E-state index contributed by atoms with van der Waals surface area (Å²) in [6, 6.07) is 3.49. The van der Waals surface area contributed by atoms with Gasteiger partial charge in [0.1, 0.15) is 0 Å². The third kappa shape index (κ3) is 1.39. The second kappa shape index (κ2) is 2.80. The molecule has 0 unspecified atom stereocenters. The van der Waals surface area contributed by atoms with E-state index in [9.17, 15) is 4.79 Å². The number of hydrogen-bond acceptors (Lipinski definition) is 2. The molecule has 0 bridgehead atoms. The van der Waals surface area contributed by atoms with Crippen LogP contribution in [0.3, 0.4) is 0 Å². The zero-order valence-corrected chi connectivity index (χ0v) is 8.37. The first-order valence-corrected chi connectivity index (χ1v) is 4.74. The second-order valence-corrected chi connectivity index (χ2v) is 4.20. The van der Waals surface area contributed by atoms with Crippen molar-refractivity contribution in [1.82, 2.24) is 4.98 Å². The van der Waals surface area contributed by atoms with E-state index in [-0.39, 0.29) is 5.41 Å². The minimum absolute atomic E-state index is 0.210. The van der Waals surface area contributed by atoms with Gasteiger partial charge in [0.15, 0.2) is 0 Å². The molecule has 1 fully saturated rings. The number of hydrogen-bond donors (Lipinski definition) is 1. The molecule has 1 N–H and O–H groups in total. The Balaban J connectivity index is 2.40. The molecule has 0 spiro atoms. The predicted molar refractivity (Wildman–Crippen MR) is 52.5 cm³/mol. The molecule has 1 aliphatic carbocycles. The number of carboxylic acid groups (broad SMARTS) is 1. The molecule has 1 aromatic heterocycles. The Hall–Kier alpha value is -1.38. The largest absolute Gasteiger partial charge is 0.478 e. The van der Waals surface area contributed by atoms with Crippen molar-refractivity contribution in [1.29, 1.82) is 0 Å². The molecule has 0 aliphatic heterocycles. The van der Waals surface area contributed by atoms with Crippen molar-refractivity contribution in [2.24, 2.45) is 0 Å². The number of rotatable bonds is 2. The van der Waals surface area contributed by atoms with Crippen LogP contribution in [-0.4, -0.2) is 16.1 Å². The van der Waals surface area contributed by atoms with E-state index < -0.39 is 5.97 Å². The van der Waals surface area contributed by atoms with Gasteiger partial charge in [0.05, 0.1) is 11.3 Å². The van der Waals surface area contributed by atoms with Crippen molar-refractivity contribution in [3.63, 3.8) is 0 Å². The fourth-order valence-corrected chi connectivity index (χ4v) is 1.57. The quantitative estimate of drug-likeness (QED) is 0.779. The first kappa shape index (κ1) is 9.19. The lowest BCUT2D eigenvalue weighted by Crippen LogP contribution is -2.08. The molecule has 0 atom stereocenters. The lowest BCUT2D eigenvalue weighted by Gasteiger charge is -2.09. The fourth-order valence-electron chi connectivity index (χ4n) is 1.57. The summed E-state index contributed by atoms with van der Waals surface area (Å²) in [5.74, 6) is -0.900. The maximum atomic E-state index is 10.8. The van der Waals surface area contributed by atoms with Crippen LogP contribution in [0.15, 0.2) is 12.1 Å². The van der Waals surface area contributed by atoms with Gasteiger partial charge in [-0.25, -0.2) is 4.79 Å². The van der Waals surface area contributed by atoms with Gasteiger partial charge in [0, 0.05) is 11.1 Å². The van der Waals surface area contributed by atoms with Gasteiger partial charge in [-0.1, -0.05) is 6.92 Å². The Morgan fingerprint density at radius 1 is 1.50 bits per heavy atom. The number of aromatic carboxylic acids is 1. The minimum atomic E-state index is -0.900. The van der Waals surface area contributed by atoms with Crippen LogP contribution in [0.5, 0.6) is 0 Å². The third-order valence-electron chi connectivity index (χ3n) is 2.93. The van der Waals surface area contributed by atoms with Crippen LogP contribution in [0, 0.1) is 6.92 Å². The zero-order valence-electron chi connectivity index (χ0n) is 8.37. The fraction of sp³-hybridized carbons (Fsp3) is 0.455. The molecule has 0 aromatic carbocycles. The lowest BCUT2D eigenvalue weighted by atomic mass is 10.0. The highest BCUT2D eigenvalue weighted by atomic mass is 16.4. The summed E-state index contributed by atoms with van der Waals surface area (Å²) in [4.78, 5) is 15.1. The van der Waals surface area contributed by atoms with Gasteiger partial charge in [-0.05, 0) is 31.9 Å². The Morgan fingerprint density at radius 2 is 2.14 bits per heavy atom. The van der Waals surface area contributed by atoms with E-state index in [0.717, 1.165) is 18.5 Å². The van der Waals surface area contributed by atoms with Crippen molar-refractivity contribution in [2.75, 3.05) is 0 Å². The topological polar surface area (TPSA) is 50.2 Å². The maximum Gasteiger partial charge on any atom is 0.337 e. The van der Waals surface area contributed by atoms with Gasteiger partial charge in [-0.15, -0.1) is 0 Å². The van der Waals surface area contributed by atoms with Crippen LogP contribution < -0.4 is 0 Å². The van der Waals surface area contributed by atoms with Gasteiger partial charge >= 0.3 is 5.97 Å². The molecule has 0 radical (unpaired) electrons. The Labute approximate surface area is 82.8 Å². The van der Waals surface area contributed by atoms with Crippen molar-refractivity contribution in [3.8, 4) is 0 Å². The van der Waals surface area contributed by atoms with Gasteiger partial charge < -0.3 is 5.11 Å². The molecule has 1 aliphatic rings. The van der Waals surface area contributed by atoms with E-state index in [2.05, 4.69) is 11.9 Å². The number of carboxylic acids is 1. The molecule has 14 heavy (non-hydrogen) atoms. The standard InChI is InChI=1S/C11H13NO2/c1-7-8(10(13)14)3-4-9(12-7)11(2)5-6-11/h3-4H,5-6H2,1-2H3,(H,13,14). The van der Waals surface area contributed by atoms with E-state index in [1.54, 1.807) is 13.0 Å². The highest BCUT2D eigenvalue weighted by Gasteiger charge is 2.40. The maximum absolute atomic E-state index is 10.8. The summed E-state index contributed by atoms with van der Waals surface area (Å²) in [7, 11) is 0. The molecule has 3 heteroatoms. The van der Waals surface area contributed by atoms with Crippen LogP contribution in [0.1, 0.15) is 41.5 Å². The van der Waals surface area contributed by atoms with Gasteiger partial charge in [-0.2, -0.15) is 0 Å². The minimum Gasteiger partial charge on any atom is -0.478 e. The summed E-state index contributed by atoms with van der Waals surface area (Å²) >= 11 is 0. The molecule has 1 heterocycles. The van der Waals surface area contributed by atoms with Crippen LogP contribution in [-0.2, 0) is 5.41 Å². The van der Waals surface area contributed by atoms with Crippen LogP contribution in [0.25, 0.3) is 0 Å². The number of nitrogens with zero attached hydrogens (tertiary/aromatic N) is 1. The molecular weight excluding hydrogens is 178 g/mol. The average molecular weight is 191 g/mol. The van der Waals surface area contributed by atoms with E-state index in [4.69, 9.17) is 5.11 Å². The molecule has 0 saturated heterocycles. The monoisotopic (exact) mass is 191 g/mol. The SMILES string of the molecule is Cc1nc(C2(C)CC2)ccc1C(=O)O. The van der Waals surface area contributed by atoms with Gasteiger partial charge in [0.2, 0.25) is 0 Å². The number of carbonyl (C=O) groups is 1. The molecule has 1 saturated carbocycles. The highest BCUT2D eigenvalue weighted by Crippen LogP contribution is 2.46. The summed E-state index contributed by atoms with van der Waals surface area (Å²) in [5, 5.41) is 8.83. The van der Waals surface area contributed by atoms with E-state index in [0.29, 0.717) is 11.3 Å². The number of pyridine rings is 1. The molecular formula is C11H13NO2. The van der Waals surface area contributed by atoms with Crippen molar-refractivity contribution >= 4 is 5.97 Å².